The third kappa shape index (κ3) is 2.94. The van der Waals surface area contributed by atoms with Crippen LogP contribution >= 0.6 is 0 Å². The Hall–Kier alpha value is -1.65. The summed E-state index contributed by atoms with van der Waals surface area (Å²) in [5.41, 5.74) is -2.04. The number of nitrogens with zero attached hydrogens (tertiary/aromatic N) is 1. The van der Waals surface area contributed by atoms with Crippen LogP contribution in [0.2, 0.25) is 0 Å². The van der Waals surface area contributed by atoms with Crippen molar-refractivity contribution in [1.82, 2.24) is 0 Å². The third-order valence-corrected chi connectivity index (χ3v) is 4.63. The van der Waals surface area contributed by atoms with Gasteiger partial charge < -0.3 is 9.84 Å². The fourth-order valence-electron chi connectivity index (χ4n) is 3.38. The van der Waals surface area contributed by atoms with Crippen LogP contribution < -0.4 is 0 Å². The number of aliphatic imine (C=N–C) groups is 1. The summed E-state index contributed by atoms with van der Waals surface area (Å²) in [7, 11) is 0. The third-order valence-electron chi connectivity index (χ3n) is 4.63. The Balaban J connectivity index is 2.30. The summed E-state index contributed by atoms with van der Waals surface area (Å²) in [4.78, 5) is 28.5. The SMILES string of the molecule is CC(C)(C)OC(=O)C1=CC(C)(C2(C(=O)O)CCCCC2)N=C1. The first-order chi connectivity index (χ1) is 10.1. The molecular weight excluding hydrogens is 282 g/mol. The lowest BCUT2D eigenvalue weighted by atomic mass is 9.62. The van der Waals surface area contributed by atoms with Gasteiger partial charge in [0.15, 0.2) is 0 Å². The minimum Gasteiger partial charge on any atom is -0.481 e. The van der Waals surface area contributed by atoms with Gasteiger partial charge in [0, 0.05) is 6.21 Å². The molecular formula is C17H25NO4. The number of rotatable bonds is 3. The van der Waals surface area contributed by atoms with Gasteiger partial charge in [0.25, 0.3) is 0 Å². The summed E-state index contributed by atoms with van der Waals surface area (Å²) in [6.45, 7) is 7.21. The topological polar surface area (TPSA) is 76.0 Å². The average Bonchev–Trinajstić information content (AvgIpc) is 2.82. The Morgan fingerprint density at radius 1 is 1.23 bits per heavy atom. The standard InChI is InChI=1S/C17H25NO4/c1-15(2,3)22-13(19)12-10-16(4,18-11-12)17(14(20)21)8-6-5-7-9-17/h10-11H,5-9H2,1-4H3,(H,20,21). The average molecular weight is 307 g/mol. The van der Waals surface area contributed by atoms with Gasteiger partial charge in [0.05, 0.1) is 16.5 Å². The van der Waals surface area contributed by atoms with Crippen LogP contribution in [0.15, 0.2) is 16.6 Å². The van der Waals surface area contributed by atoms with Crippen LogP contribution in [-0.4, -0.2) is 34.4 Å². The molecule has 5 heteroatoms. The van der Waals surface area contributed by atoms with E-state index in [2.05, 4.69) is 4.99 Å². The number of hydrogen-bond donors (Lipinski definition) is 1. The van der Waals surface area contributed by atoms with Gasteiger partial charge in [-0.3, -0.25) is 9.79 Å². The molecule has 0 aromatic heterocycles. The first-order valence-corrected chi connectivity index (χ1v) is 7.85. The fourth-order valence-corrected chi connectivity index (χ4v) is 3.38. The van der Waals surface area contributed by atoms with Crippen molar-refractivity contribution < 1.29 is 19.4 Å². The normalized spacial score (nSPS) is 27.4. The van der Waals surface area contributed by atoms with E-state index in [4.69, 9.17) is 4.74 Å². The summed E-state index contributed by atoms with van der Waals surface area (Å²) in [6, 6.07) is 0. The molecule has 0 aromatic rings. The number of carboxylic acids is 1. The van der Waals surface area contributed by atoms with Gasteiger partial charge in [-0.15, -0.1) is 0 Å². The van der Waals surface area contributed by atoms with E-state index >= 15 is 0 Å². The second-order valence-electron chi connectivity index (χ2n) is 7.46. The first-order valence-electron chi connectivity index (χ1n) is 7.85. The number of hydrogen-bond acceptors (Lipinski definition) is 4. The number of carbonyl (C=O) groups excluding carboxylic acids is 1. The smallest absolute Gasteiger partial charge is 0.339 e. The molecule has 0 aromatic carbocycles. The van der Waals surface area contributed by atoms with Crippen LogP contribution in [0, 0.1) is 5.41 Å². The molecule has 1 unspecified atom stereocenters. The Morgan fingerprint density at radius 3 is 2.32 bits per heavy atom. The highest BCUT2D eigenvalue weighted by molar-refractivity contribution is 6.11. The van der Waals surface area contributed by atoms with Crippen molar-refractivity contribution in [3.8, 4) is 0 Å². The molecule has 1 atom stereocenters. The molecule has 0 amide bonds. The Bertz CT molecular complexity index is 535. The predicted octanol–water partition coefficient (Wildman–Crippen LogP) is 3.13. The maximum absolute atomic E-state index is 12.2. The molecule has 2 rings (SSSR count). The van der Waals surface area contributed by atoms with E-state index in [0.29, 0.717) is 18.4 Å². The number of carboxylic acid groups (broad SMARTS) is 1. The van der Waals surface area contributed by atoms with Gasteiger partial charge in [-0.1, -0.05) is 19.3 Å². The Morgan fingerprint density at radius 2 is 1.82 bits per heavy atom. The lowest BCUT2D eigenvalue weighted by Gasteiger charge is -2.42. The van der Waals surface area contributed by atoms with Crippen molar-refractivity contribution in [2.24, 2.45) is 10.4 Å². The van der Waals surface area contributed by atoms with E-state index in [1.165, 1.54) is 6.21 Å². The van der Waals surface area contributed by atoms with Crippen LogP contribution in [0.1, 0.15) is 59.8 Å². The lowest BCUT2D eigenvalue weighted by Crippen LogP contribution is -2.49. The van der Waals surface area contributed by atoms with E-state index in [0.717, 1.165) is 19.3 Å². The molecule has 0 bridgehead atoms. The predicted molar refractivity (Wildman–Crippen MR) is 84.0 cm³/mol. The molecule has 1 N–H and O–H groups in total. The van der Waals surface area contributed by atoms with Crippen LogP contribution in [0.3, 0.4) is 0 Å². The Kier molecular flexibility index (Phi) is 4.20. The van der Waals surface area contributed by atoms with Crippen LogP contribution in [-0.2, 0) is 14.3 Å². The number of ether oxygens (including phenoxy) is 1. The van der Waals surface area contributed by atoms with Crippen molar-refractivity contribution >= 4 is 18.2 Å². The van der Waals surface area contributed by atoms with Crippen molar-refractivity contribution in [2.45, 2.75) is 70.9 Å². The van der Waals surface area contributed by atoms with Crippen molar-refractivity contribution in [3.63, 3.8) is 0 Å². The van der Waals surface area contributed by atoms with E-state index in [1.807, 2.05) is 0 Å². The van der Waals surface area contributed by atoms with Crippen molar-refractivity contribution in [3.05, 3.63) is 11.6 Å². The van der Waals surface area contributed by atoms with Gasteiger partial charge in [-0.05, 0) is 46.6 Å². The van der Waals surface area contributed by atoms with E-state index in [-0.39, 0.29) is 0 Å². The first kappa shape index (κ1) is 16.7. The molecule has 22 heavy (non-hydrogen) atoms. The monoisotopic (exact) mass is 307 g/mol. The highest BCUT2D eigenvalue weighted by atomic mass is 16.6. The van der Waals surface area contributed by atoms with E-state index in [9.17, 15) is 14.7 Å². The molecule has 2 aliphatic rings. The minimum atomic E-state index is -0.925. The van der Waals surface area contributed by atoms with E-state index < -0.39 is 28.5 Å². The summed E-state index contributed by atoms with van der Waals surface area (Å²) >= 11 is 0. The zero-order valence-electron chi connectivity index (χ0n) is 13.8. The van der Waals surface area contributed by atoms with Gasteiger partial charge in [0.1, 0.15) is 5.60 Å². The molecule has 5 nitrogen and oxygen atoms in total. The summed E-state index contributed by atoms with van der Waals surface area (Å²) in [5, 5.41) is 9.81. The zero-order valence-corrected chi connectivity index (χ0v) is 13.8. The summed E-state index contributed by atoms with van der Waals surface area (Å²) < 4.78 is 5.35. The molecule has 1 aliphatic heterocycles. The quantitative estimate of drug-likeness (QED) is 0.813. The van der Waals surface area contributed by atoms with Crippen LogP contribution in [0.25, 0.3) is 0 Å². The van der Waals surface area contributed by atoms with Gasteiger partial charge in [-0.25, -0.2) is 4.79 Å². The van der Waals surface area contributed by atoms with Gasteiger partial charge in [0.2, 0.25) is 0 Å². The van der Waals surface area contributed by atoms with Crippen LogP contribution in [0.4, 0.5) is 0 Å². The fraction of sp³-hybridized carbons (Fsp3) is 0.706. The van der Waals surface area contributed by atoms with E-state index in [1.54, 1.807) is 33.8 Å². The lowest BCUT2D eigenvalue weighted by molar-refractivity contribution is -0.155. The number of esters is 1. The maximum atomic E-state index is 12.2. The van der Waals surface area contributed by atoms with Gasteiger partial charge >= 0.3 is 11.9 Å². The molecule has 1 fully saturated rings. The molecule has 122 valence electrons. The molecule has 1 heterocycles. The molecule has 1 aliphatic carbocycles. The zero-order chi connectivity index (χ0) is 16.6. The molecule has 0 radical (unpaired) electrons. The second-order valence-corrected chi connectivity index (χ2v) is 7.46. The molecule has 1 saturated carbocycles. The van der Waals surface area contributed by atoms with Crippen molar-refractivity contribution in [2.75, 3.05) is 0 Å². The maximum Gasteiger partial charge on any atom is 0.339 e. The number of aliphatic carboxylic acids is 1. The molecule has 0 saturated heterocycles. The minimum absolute atomic E-state index is 0.351. The molecule has 0 spiro atoms. The largest absolute Gasteiger partial charge is 0.481 e. The summed E-state index contributed by atoms with van der Waals surface area (Å²) in [5.74, 6) is -1.27. The number of carbonyl (C=O) groups is 2. The Labute approximate surface area is 131 Å². The highest BCUT2D eigenvalue weighted by Crippen LogP contribution is 2.49. The second kappa shape index (κ2) is 5.52. The van der Waals surface area contributed by atoms with Gasteiger partial charge in [-0.2, -0.15) is 0 Å². The van der Waals surface area contributed by atoms with Crippen LogP contribution in [0.5, 0.6) is 0 Å². The van der Waals surface area contributed by atoms with Crippen molar-refractivity contribution in [1.29, 1.82) is 0 Å². The summed E-state index contributed by atoms with van der Waals surface area (Å²) in [6.07, 6.45) is 7.15. The highest BCUT2D eigenvalue weighted by Gasteiger charge is 2.54.